The minimum Gasteiger partial charge on any atom is -0.293 e. The Morgan fingerprint density at radius 1 is 0.846 bits per heavy atom. The van der Waals surface area contributed by atoms with E-state index < -0.39 is 5.41 Å². The highest BCUT2D eigenvalue weighted by Crippen LogP contribution is 2.43. The quantitative estimate of drug-likeness (QED) is 0.565. The van der Waals surface area contributed by atoms with Crippen molar-refractivity contribution in [2.24, 2.45) is 4.99 Å². The van der Waals surface area contributed by atoms with Gasteiger partial charge in [0.15, 0.2) is 5.78 Å². The Labute approximate surface area is 158 Å². The van der Waals surface area contributed by atoms with Crippen molar-refractivity contribution in [3.63, 3.8) is 0 Å². The number of aryl methyl sites for hydroxylation is 1. The topological polar surface area (TPSA) is 29.4 Å². The van der Waals surface area contributed by atoms with Crippen LogP contribution in [0.1, 0.15) is 28.4 Å². The van der Waals surface area contributed by atoms with Gasteiger partial charge in [0.05, 0.1) is 10.7 Å². The lowest BCUT2D eigenvalue weighted by atomic mass is 9.75. The van der Waals surface area contributed by atoms with Gasteiger partial charge in [-0.25, -0.2) is 4.99 Å². The predicted octanol–water partition coefficient (Wildman–Crippen LogP) is 5.97. The van der Waals surface area contributed by atoms with Crippen molar-refractivity contribution in [3.05, 3.63) is 95.6 Å². The average Bonchev–Trinajstić information content (AvgIpc) is 2.68. The van der Waals surface area contributed by atoms with Gasteiger partial charge in [-0.2, -0.15) is 0 Å². The van der Waals surface area contributed by atoms with Gasteiger partial charge < -0.3 is 0 Å². The zero-order valence-corrected chi connectivity index (χ0v) is 15.6. The average molecular weight is 357 g/mol. The molecule has 1 atom stereocenters. The lowest BCUT2D eigenvalue weighted by Crippen LogP contribution is -2.41. The molecular weight excluding hydrogens is 338 g/mol. The maximum Gasteiger partial charge on any atom is 0.181 e. The Kier molecular flexibility index (Phi) is 4.25. The summed E-state index contributed by atoms with van der Waals surface area (Å²) in [5.74, 6) is 0.101. The van der Waals surface area contributed by atoms with E-state index in [1.165, 1.54) is 5.56 Å². The third kappa shape index (κ3) is 2.78. The van der Waals surface area contributed by atoms with Crippen LogP contribution in [-0.4, -0.2) is 10.8 Å². The van der Waals surface area contributed by atoms with Crippen molar-refractivity contribution >= 4 is 28.3 Å². The lowest BCUT2D eigenvalue weighted by Gasteiger charge is -2.33. The molecule has 1 aliphatic rings. The van der Waals surface area contributed by atoms with E-state index in [-0.39, 0.29) is 5.78 Å². The van der Waals surface area contributed by atoms with Crippen LogP contribution in [0.3, 0.4) is 0 Å². The van der Waals surface area contributed by atoms with E-state index in [4.69, 9.17) is 4.99 Å². The van der Waals surface area contributed by atoms with Gasteiger partial charge in [-0.15, -0.1) is 0 Å². The van der Waals surface area contributed by atoms with Gasteiger partial charge in [0.1, 0.15) is 5.41 Å². The Morgan fingerprint density at radius 2 is 1.50 bits per heavy atom. The molecule has 2 nitrogen and oxygen atoms in total. The van der Waals surface area contributed by atoms with Crippen LogP contribution in [0.5, 0.6) is 0 Å². The molecule has 0 aromatic heterocycles. The second-order valence-corrected chi connectivity index (χ2v) is 7.73. The van der Waals surface area contributed by atoms with Crippen molar-refractivity contribution in [3.8, 4) is 0 Å². The van der Waals surface area contributed by atoms with Crippen LogP contribution in [-0.2, 0) is 5.41 Å². The van der Waals surface area contributed by atoms with Crippen molar-refractivity contribution in [1.82, 2.24) is 0 Å². The molecule has 1 unspecified atom stereocenters. The first-order valence-electron chi connectivity index (χ1n) is 8.62. The summed E-state index contributed by atoms with van der Waals surface area (Å²) >= 11 is 1.57. The van der Waals surface area contributed by atoms with E-state index in [0.29, 0.717) is 5.56 Å². The molecule has 4 rings (SSSR count). The molecular formula is C23H19NOS. The van der Waals surface area contributed by atoms with Crippen LogP contribution in [0.15, 0.2) is 88.8 Å². The third-order valence-electron chi connectivity index (χ3n) is 4.84. The molecule has 1 aliphatic heterocycles. The number of carbonyl (C=O) groups excluding carboxylic acids is 1. The van der Waals surface area contributed by atoms with Crippen LogP contribution >= 0.6 is 11.8 Å². The number of aliphatic imine (C=N–C) groups is 1. The number of hydrogen-bond donors (Lipinski definition) is 0. The molecule has 3 aromatic rings. The molecule has 1 heterocycles. The molecule has 0 radical (unpaired) electrons. The van der Waals surface area contributed by atoms with E-state index in [9.17, 15) is 4.79 Å². The fourth-order valence-electron chi connectivity index (χ4n) is 3.22. The lowest BCUT2D eigenvalue weighted by molar-refractivity contribution is 0.0938. The second-order valence-electron chi connectivity index (χ2n) is 6.67. The summed E-state index contributed by atoms with van der Waals surface area (Å²) < 4.78 is 0. The van der Waals surface area contributed by atoms with Crippen LogP contribution in [0, 0.1) is 6.92 Å². The molecule has 0 aliphatic carbocycles. The number of thioether (sulfide) groups is 1. The molecule has 3 heteroatoms. The second kappa shape index (κ2) is 6.58. The van der Waals surface area contributed by atoms with E-state index in [1.807, 2.05) is 61.5 Å². The molecule has 0 saturated heterocycles. The number of ketones is 1. The van der Waals surface area contributed by atoms with E-state index in [2.05, 4.69) is 31.2 Å². The van der Waals surface area contributed by atoms with Crippen molar-refractivity contribution in [2.75, 3.05) is 0 Å². The van der Waals surface area contributed by atoms with Crippen LogP contribution in [0.4, 0.5) is 5.69 Å². The summed E-state index contributed by atoms with van der Waals surface area (Å²) in [5.41, 5.74) is 2.84. The number of Topliss-reactive ketones (excluding diaryl/α,β-unsaturated/α-hetero) is 1. The van der Waals surface area contributed by atoms with Crippen LogP contribution in [0.25, 0.3) is 0 Å². The summed E-state index contributed by atoms with van der Waals surface area (Å²) in [5, 5.41) is 0.816. The van der Waals surface area contributed by atoms with Crippen molar-refractivity contribution in [1.29, 1.82) is 0 Å². The van der Waals surface area contributed by atoms with Crippen LogP contribution in [0.2, 0.25) is 0 Å². The first-order chi connectivity index (χ1) is 12.6. The SMILES string of the molecule is Cc1ccc(SC2=Nc3ccccc3C(=O)C2(C)c2ccccc2)cc1. The summed E-state index contributed by atoms with van der Waals surface area (Å²) in [4.78, 5) is 19.5. The molecule has 26 heavy (non-hydrogen) atoms. The van der Waals surface area contributed by atoms with E-state index in [0.717, 1.165) is 21.2 Å². The fraction of sp³-hybridized carbons (Fsp3) is 0.130. The number of para-hydroxylation sites is 1. The highest BCUT2D eigenvalue weighted by atomic mass is 32.2. The smallest absolute Gasteiger partial charge is 0.181 e. The summed E-state index contributed by atoms with van der Waals surface area (Å²) in [6.07, 6.45) is 0. The van der Waals surface area contributed by atoms with Gasteiger partial charge in [0.25, 0.3) is 0 Å². The Bertz CT molecular complexity index is 992. The highest BCUT2D eigenvalue weighted by Gasteiger charge is 2.44. The molecule has 0 saturated carbocycles. The number of hydrogen-bond acceptors (Lipinski definition) is 3. The minimum absolute atomic E-state index is 0.101. The Hall–Kier alpha value is -2.65. The van der Waals surface area contributed by atoms with E-state index >= 15 is 0 Å². The van der Waals surface area contributed by atoms with Gasteiger partial charge in [-0.3, -0.25) is 4.79 Å². The molecule has 0 fully saturated rings. The number of nitrogens with zero attached hydrogens (tertiary/aromatic N) is 1. The maximum atomic E-state index is 13.5. The number of benzene rings is 3. The highest BCUT2D eigenvalue weighted by molar-refractivity contribution is 8.14. The predicted molar refractivity (Wildman–Crippen MR) is 109 cm³/mol. The van der Waals surface area contributed by atoms with Gasteiger partial charge in [-0.1, -0.05) is 71.9 Å². The molecule has 0 spiro atoms. The summed E-state index contributed by atoms with van der Waals surface area (Å²) in [7, 11) is 0. The Morgan fingerprint density at radius 3 is 2.23 bits per heavy atom. The maximum absolute atomic E-state index is 13.5. The standard InChI is InChI=1S/C23H19NOS/c1-16-12-14-18(15-13-16)26-22-23(2,17-8-4-3-5-9-17)21(25)19-10-6-7-11-20(19)24-22/h3-15H,1-2H3. The molecule has 0 bridgehead atoms. The third-order valence-corrected chi connectivity index (χ3v) is 6.04. The Balaban J connectivity index is 1.87. The van der Waals surface area contributed by atoms with Crippen LogP contribution < -0.4 is 0 Å². The minimum atomic E-state index is -0.787. The van der Waals surface area contributed by atoms with Crippen molar-refractivity contribution in [2.45, 2.75) is 24.2 Å². The largest absolute Gasteiger partial charge is 0.293 e. The zero-order chi connectivity index (χ0) is 18.1. The summed E-state index contributed by atoms with van der Waals surface area (Å²) in [6, 6.07) is 25.9. The normalized spacial score (nSPS) is 19.0. The van der Waals surface area contributed by atoms with Gasteiger partial charge in [0.2, 0.25) is 0 Å². The van der Waals surface area contributed by atoms with Gasteiger partial charge >= 0.3 is 0 Å². The zero-order valence-electron chi connectivity index (χ0n) is 14.8. The molecule has 0 N–H and O–H groups in total. The number of rotatable bonds is 2. The van der Waals surface area contributed by atoms with Gasteiger partial charge in [0, 0.05) is 10.5 Å². The first-order valence-corrected chi connectivity index (χ1v) is 9.44. The fourth-order valence-corrected chi connectivity index (χ4v) is 4.27. The molecule has 128 valence electrons. The molecule has 3 aromatic carbocycles. The first kappa shape index (κ1) is 16.8. The monoisotopic (exact) mass is 357 g/mol. The number of carbonyl (C=O) groups is 1. The van der Waals surface area contributed by atoms with Gasteiger partial charge in [-0.05, 0) is 43.7 Å². The van der Waals surface area contributed by atoms with E-state index in [1.54, 1.807) is 11.8 Å². The molecule has 0 amide bonds. The van der Waals surface area contributed by atoms with Crippen molar-refractivity contribution < 1.29 is 4.79 Å². The number of fused-ring (bicyclic) bond motifs is 1. The summed E-state index contributed by atoms with van der Waals surface area (Å²) in [6.45, 7) is 4.06.